The number of aromatic nitrogens is 3. The standard InChI is InChI=1S/C13H16N4O/c1-9-13(14)15-16-17(9)8-12-11-5-3-2-4-10(11)6-7-18-12/h2-5,12H,6-8,14H2,1H3. The highest BCUT2D eigenvalue weighted by Gasteiger charge is 2.22. The predicted molar refractivity (Wildman–Crippen MR) is 68.0 cm³/mol. The first kappa shape index (κ1) is 11.2. The zero-order valence-corrected chi connectivity index (χ0v) is 10.3. The van der Waals surface area contributed by atoms with E-state index in [4.69, 9.17) is 10.5 Å². The maximum atomic E-state index is 5.84. The molecule has 1 aromatic heterocycles. The van der Waals surface area contributed by atoms with Crippen molar-refractivity contribution in [1.29, 1.82) is 0 Å². The lowest BCUT2D eigenvalue weighted by Gasteiger charge is -2.26. The van der Waals surface area contributed by atoms with Gasteiger partial charge in [0.15, 0.2) is 5.82 Å². The Kier molecular flexibility index (Phi) is 2.76. The molecule has 2 aromatic rings. The van der Waals surface area contributed by atoms with Gasteiger partial charge in [-0.15, -0.1) is 5.10 Å². The second-order valence-electron chi connectivity index (χ2n) is 4.55. The molecular weight excluding hydrogens is 228 g/mol. The van der Waals surface area contributed by atoms with Crippen molar-refractivity contribution in [2.45, 2.75) is 26.0 Å². The van der Waals surface area contributed by atoms with Gasteiger partial charge in [-0.05, 0) is 24.5 Å². The largest absolute Gasteiger partial charge is 0.381 e. The van der Waals surface area contributed by atoms with Crippen LogP contribution in [-0.4, -0.2) is 21.6 Å². The molecule has 0 spiro atoms. The number of anilines is 1. The molecule has 1 atom stereocenters. The number of nitrogens with zero attached hydrogens (tertiary/aromatic N) is 3. The van der Waals surface area contributed by atoms with Gasteiger partial charge in [0.1, 0.15) is 6.10 Å². The molecule has 0 amide bonds. The molecule has 2 N–H and O–H groups in total. The summed E-state index contributed by atoms with van der Waals surface area (Å²) >= 11 is 0. The number of nitrogens with two attached hydrogens (primary N) is 1. The Morgan fingerprint density at radius 3 is 3.06 bits per heavy atom. The zero-order chi connectivity index (χ0) is 12.5. The van der Waals surface area contributed by atoms with Gasteiger partial charge in [-0.1, -0.05) is 29.5 Å². The van der Waals surface area contributed by atoms with Crippen molar-refractivity contribution in [3.05, 3.63) is 41.1 Å². The Balaban J connectivity index is 1.89. The Morgan fingerprint density at radius 2 is 2.28 bits per heavy atom. The lowest BCUT2D eigenvalue weighted by Crippen LogP contribution is -2.21. The van der Waals surface area contributed by atoms with E-state index in [0.29, 0.717) is 12.4 Å². The molecule has 5 heteroatoms. The number of benzene rings is 1. The molecule has 2 heterocycles. The van der Waals surface area contributed by atoms with E-state index in [2.05, 4.69) is 28.5 Å². The molecule has 0 bridgehead atoms. The predicted octanol–water partition coefficient (Wildman–Crippen LogP) is 1.48. The van der Waals surface area contributed by atoms with Gasteiger partial charge >= 0.3 is 0 Å². The molecule has 0 aliphatic carbocycles. The van der Waals surface area contributed by atoms with Gasteiger partial charge in [-0.25, -0.2) is 4.68 Å². The monoisotopic (exact) mass is 244 g/mol. The number of rotatable bonds is 2. The third-order valence-corrected chi connectivity index (χ3v) is 3.45. The highest BCUT2D eigenvalue weighted by atomic mass is 16.5. The summed E-state index contributed by atoms with van der Waals surface area (Å²) < 4.78 is 7.65. The van der Waals surface area contributed by atoms with Crippen molar-refractivity contribution in [3.63, 3.8) is 0 Å². The highest BCUT2D eigenvalue weighted by Crippen LogP contribution is 2.28. The minimum Gasteiger partial charge on any atom is -0.381 e. The van der Waals surface area contributed by atoms with E-state index in [1.807, 2.05) is 17.7 Å². The number of nitrogen functional groups attached to an aromatic ring is 1. The van der Waals surface area contributed by atoms with Crippen molar-refractivity contribution in [2.75, 3.05) is 12.3 Å². The van der Waals surface area contributed by atoms with Gasteiger partial charge < -0.3 is 10.5 Å². The van der Waals surface area contributed by atoms with E-state index in [1.54, 1.807) is 0 Å². The molecule has 0 saturated heterocycles. The van der Waals surface area contributed by atoms with Crippen LogP contribution in [0.4, 0.5) is 5.82 Å². The fraction of sp³-hybridized carbons (Fsp3) is 0.385. The molecule has 1 unspecified atom stereocenters. The van der Waals surface area contributed by atoms with Crippen molar-refractivity contribution in [1.82, 2.24) is 15.0 Å². The van der Waals surface area contributed by atoms with Gasteiger partial charge in [-0.2, -0.15) is 0 Å². The third-order valence-electron chi connectivity index (χ3n) is 3.45. The van der Waals surface area contributed by atoms with Crippen molar-refractivity contribution >= 4 is 5.82 Å². The molecule has 1 aromatic carbocycles. The Bertz CT molecular complexity index is 564. The molecule has 3 rings (SSSR count). The first-order valence-corrected chi connectivity index (χ1v) is 6.10. The van der Waals surface area contributed by atoms with Gasteiger partial charge in [0.2, 0.25) is 0 Å². The highest BCUT2D eigenvalue weighted by molar-refractivity contribution is 5.33. The fourth-order valence-electron chi connectivity index (χ4n) is 2.33. The summed E-state index contributed by atoms with van der Waals surface area (Å²) in [4.78, 5) is 0. The maximum Gasteiger partial charge on any atom is 0.168 e. The molecular formula is C13H16N4O. The van der Waals surface area contributed by atoms with Crippen LogP contribution in [-0.2, 0) is 17.7 Å². The molecule has 94 valence electrons. The Morgan fingerprint density at radius 1 is 1.44 bits per heavy atom. The quantitative estimate of drug-likeness (QED) is 0.869. The van der Waals surface area contributed by atoms with Crippen molar-refractivity contribution in [3.8, 4) is 0 Å². The van der Waals surface area contributed by atoms with Crippen LogP contribution in [0.15, 0.2) is 24.3 Å². The average molecular weight is 244 g/mol. The zero-order valence-electron chi connectivity index (χ0n) is 10.3. The summed E-state index contributed by atoms with van der Waals surface area (Å²) in [6.07, 6.45) is 1.01. The summed E-state index contributed by atoms with van der Waals surface area (Å²) in [6, 6.07) is 8.39. The van der Waals surface area contributed by atoms with Crippen molar-refractivity contribution in [2.24, 2.45) is 0 Å². The molecule has 0 fully saturated rings. The van der Waals surface area contributed by atoms with E-state index in [1.165, 1.54) is 11.1 Å². The van der Waals surface area contributed by atoms with E-state index >= 15 is 0 Å². The van der Waals surface area contributed by atoms with E-state index < -0.39 is 0 Å². The van der Waals surface area contributed by atoms with Gasteiger partial charge in [0, 0.05) is 0 Å². The van der Waals surface area contributed by atoms with Crippen LogP contribution >= 0.6 is 0 Å². The SMILES string of the molecule is Cc1c(N)nnn1CC1OCCc2ccccc21. The van der Waals surface area contributed by atoms with Crippen molar-refractivity contribution < 1.29 is 4.74 Å². The fourth-order valence-corrected chi connectivity index (χ4v) is 2.33. The Hall–Kier alpha value is -1.88. The number of hydrogen-bond acceptors (Lipinski definition) is 4. The molecule has 18 heavy (non-hydrogen) atoms. The van der Waals surface area contributed by atoms with Crippen LogP contribution in [0, 0.1) is 6.92 Å². The normalized spacial score (nSPS) is 18.6. The molecule has 0 radical (unpaired) electrons. The minimum atomic E-state index is 0.0368. The third kappa shape index (κ3) is 1.86. The summed E-state index contributed by atoms with van der Waals surface area (Å²) in [7, 11) is 0. The number of ether oxygens (including phenoxy) is 1. The summed E-state index contributed by atoms with van der Waals surface area (Å²) in [5, 5.41) is 7.92. The minimum absolute atomic E-state index is 0.0368. The summed E-state index contributed by atoms with van der Waals surface area (Å²) in [6.45, 7) is 3.34. The Labute approximate surface area is 106 Å². The lowest BCUT2D eigenvalue weighted by molar-refractivity contribution is 0.0275. The number of hydrogen-bond donors (Lipinski definition) is 1. The molecule has 1 aliphatic heterocycles. The summed E-state index contributed by atoms with van der Waals surface area (Å²) in [5.41, 5.74) is 9.20. The van der Waals surface area contributed by atoms with Gasteiger partial charge in [-0.3, -0.25) is 0 Å². The van der Waals surface area contributed by atoms with Crippen LogP contribution in [0.3, 0.4) is 0 Å². The number of fused-ring (bicyclic) bond motifs is 1. The van der Waals surface area contributed by atoms with Gasteiger partial charge in [0.25, 0.3) is 0 Å². The van der Waals surface area contributed by atoms with Gasteiger partial charge in [0.05, 0.1) is 18.8 Å². The topological polar surface area (TPSA) is 66.0 Å². The van der Waals surface area contributed by atoms with Crippen LogP contribution < -0.4 is 5.73 Å². The smallest absolute Gasteiger partial charge is 0.168 e. The van der Waals surface area contributed by atoms with Crippen LogP contribution in [0.5, 0.6) is 0 Å². The van der Waals surface area contributed by atoms with E-state index in [0.717, 1.165) is 18.7 Å². The van der Waals surface area contributed by atoms with Crippen LogP contribution in [0.1, 0.15) is 22.9 Å². The molecule has 0 saturated carbocycles. The molecule has 1 aliphatic rings. The van der Waals surface area contributed by atoms with Crippen LogP contribution in [0.2, 0.25) is 0 Å². The second kappa shape index (κ2) is 4.42. The first-order valence-electron chi connectivity index (χ1n) is 6.10. The van der Waals surface area contributed by atoms with Crippen LogP contribution in [0.25, 0.3) is 0 Å². The first-order chi connectivity index (χ1) is 8.75. The second-order valence-corrected chi connectivity index (χ2v) is 4.55. The lowest BCUT2D eigenvalue weighted by atomic mass is 9.97. The average Bonchev–Trinajstić information content (AvgIpc) is 2.71. The van der Waals surface area contributed by atoms with E-state index in [-0.39, 0.29) is 6.10 Å². The maximum absolute atomic E-state index is 5.84. The summed E-state index contributed by atoms with van der Waals surface area (Å²) in [5.74, 6) is 0.485. The van der Waals surface area contributed by atoms with E-state index in [9.17, 15) is 0 Å². The molecule has 5 nitrogen and oxygen atoms in total.